The van der Waals surface area contributed by atoms with E-state index in [4.69, 9.17) is 0 Å². The van der Waals surface area contributed by atoms with Gasteiger partial charge in [0, 0.05) is 58.0 Å². The summed E-state index contributed by atoms with van der Waals surface area (Å²) in [7, 11) is -0.913. The summed E-state index contributed by atoms with van der Waals surface area (Å²) in [5.41, 5.74) is 2.59. The van der Waals surface area contributed by atoms with Crippen molar-refractivity contribution in [3.63, 3.8) is 0 Å². The van der Waals surface area contributed by atoms with E-state index in [1.807, 2.05) is 24.3 Å². The molecule has 0 saturated heterocycles. The van der Waals surface area contributed by atoms with Crippen molar-refractivity contribution in [3.05, 3.63) is 70.5 Å². The molecule has 1 N–H and O–H groups in total. The Bertz CT molecular complexity index is 943. The Hall–Kier alpha value is -2.80. The van der Waals surface area contributed by atoms with Crippen LogP contribution < -0.4 is 5.32 Å². The minimum absolute atomic E-state index is 0.0266. The van der Waals surface area contributed by atoms with Gasteiger partial charge in [-0.25, -0.2) is 0 Å². The number of anilines is 2. The van der Waals surface area contributed by atoms with Crippen LogP contribution >= 0.6 is 0 Å². The normalized spacial score (nSPS) is 12.0. The van der Waals surface area contributed by atoms with Gasteiger partial charge in [-0.3, -0.25) is 19.3 Å². The van der Waals surface area contributed by atoms with Gasteiger partial charge in [0.2, 0.25) is 0 Å². The van der Waals surface area contributed by atoms with Crippen molar-refractivity contribution in [2.24, 2.45) is 0 Å². The lowest BCUT2D eigenvalue weighted by molar-refractivity contribution is -0.383. The summed E-state index contributed by atoms with van der Waals surface area (Å²) >= 11 is 0. The molecule has 0 aliphatic heterocycles. The first-order chi connectivity index (χ1) is 11.5. The molecule has 0 fully saturated rings. The number of benzene rings is 2. The van der Waals surface area contributed by atoms with E-state index in [1.54, 1.807) is 24.6 Å². The molecule has 0 amide bonds. The fourth-order valence-electron chi connectivity index (χ4n) is 2.57. The smallest absolute Gasteiger partial charge is 0.278 e. The molecule has 6 nitrogen and oxygen atoms in total. The summed E-state index contributed by atoms with van der Waals surface area (Å²) < 4.78 is 11.4. The molecule has 0 saturated carbocycles. The van der Waals surface area contributed by atoms with Crippen LogP contribution in [0.4, 0.5) is 17.1 Å². The highest BCUT2D eigenvalue weighted by Crippen LogP contribution is 2.32. The van der Waals surface area contributed by atoms with Crippen molar-refractivity contribution in [2.45, 2.75) is 5.75 Å². The standard InChI is InChI=1S/C17H15N3O3S/c1-24(23)11-12-3-2-4-13(9-12)19-16-5-6-17(20(21)22)15-10-18-8-7-14(15)16/h2-10,19H,11H2,1H3. The molecule has 3 rings (SSSR count). The number of nitro benzene ring substituents is 1. The van der Waals surface area contributed by atoms with Crippen molar-refractivity contribution >= 4 is 38.6 Å². The van der Waals surface area contributed by atoms with Crippen molar-refractivity contribution in [1.82, 2.24) is 4.98 Å². The van der Waals surface area contributed by atoms with Gasteiger partial charge in [0.1, 0.15) is 0 Å². The van der Waals surface area contributed by atoms with Crippen LogP contribution in [0.25, 0.3) is 10.8 Å². The second kappa shape index (κ2) is 6.76. The monoisotopic (exact) mass is 341 g/mol. The lowest BCUT2D eigenvalue weighted by atomic mass is 10.1. The van der Waals surface area contributed by atoms with Crippen LogP contribution in [0, 0.1) is 10.1 Å². The molecule has 0 bridgehead atoms. The van der Waals surface area contributed by atoms with Crippen molar-refractivity contribution in [3.8, 4) is 0 Å². The van der Waals surface area contributed by atoms with Gasteiger partial charge in [-0.1, -0.05) is 12.1 Å². The molecule has 1 heterocycles. The third-order valence-electron chi connectivity index (χ3n) is 3.57. The Labute approximate surface area is 141 Å². The molecule has 0 aliphatic carbocycles. The van der Waals surface area contributed by atoms with E-state index < -0.39 is 15.7 Å². The Morgan fingerprint density at radius 3 is 2.79 bits per heavy atom. The maximum absolute atomic E-state index is 11.4. The molecule has 7 heteroatoms. The molecule has 2 aromatic carbocycles. The Kier molecular flexibility index (Phi) is 4.52. The minimum atomic E-state index is -0.913. The number of hydrogen-bond acceptors (Lipinski definition) is 5. The van der Waals surface area contributed by atoms with Gasteiger partial charge in [-0.05, 0) is 29.8 Å². The molecule has 1 aromatic heterocycles. The van der Waals surface area contributed by atoms with E-state index >= 15 is 0 Å². The number of nitro groups is 1. The highest BCUT2D eigenvalue weighted by atomic mass is 32.2. The largest absolute Gasteiger partial charge is 0.355 e. The van der Waals surface area contributed by atoms with Gasteiger partial charge in [0.05, 0.1) is 10.3 Å². The SMILES string of the molecule is CS(=O)Cc1cccc(Nc2ccc([N+](=O)[O-])c3cnccc23)c1. The van der Waals surface area contributed by atoms with Crippen LogP contribution in [-0.2, 0) is 16.6 Å². The molecule has 1 atom stereocenters. The number of aromatic nitrogens is 1. The molecule has 122 valence electrons. The Morgan fingerprint density at radius 1 is 1.21 bits per heavy atom. The first-order valence-electron chi connectivity index (χ1n) is 7.22. The number of rotatable bonds is 5. The first kappa shape index (κ1) is 16.1. The molecule has 0 aliphatic rings. The number of nitrogens with one attached hydrogen (secondary N) is 1. The zero-order valence-corrected chi connectivity index (χ0v) is 13.7. The van der Waals surface area contributed by atoms with E-state index in [0.717, 1.165) is 22.3 Å². The van der Waals surface area contributed by atoms with Gasteiger partial charge in [0.25, 0.3) is 5.69 Å². The molecular formula is C17H15N3O3S. The summed E-state index contributed by atoms with van der Waals surface area (Å²) in [4.78, 5) is 14.7. The van der Waals surface area contributed by atoms with Gasteiger partial charge in [0.15, 0.2) is 0 Å². The molecule has 24 heavy (non-hydrogen) atoms. The highest BCUT2D eigenvalue weighted by Gasteiger charge is 2.14. The fraction of sp³-hybridized carbons (Fsp3) is 0.118. The number of pyridine rings is 1. The summed E-state index contributed by atoms with van der Waals surface area (Å²) in [6, 6.07) is 12.5. The van der Waals surface area contributed by atoms with Crippen LogP contribution in [0.1, 0.15) is 5.56 Å². The maximum atomic E-state index is 11.4. The van der Waals surface area contributed by atoms with Crippen LogP contribution in [0.5, 0.6) is 0 Å². The fourth-order valence-corrected chi connectivity index (χ4v) is 3.22. The second-order valence-corrected chi connectivity index (χ2v) is 6.79. The van der Waals surface area contributed by atoms with Gasteiger partial charge in [-0.2, -0.15) is 0 Å². The molecule has 3 aromatic rings. The third kappa shape index (κ3) is 3.41. The van der Waals surface area contributed by atoms with Gasteiger partial charge in [-0.15, -0.1) is 0 Å². The summed E-state index contributed by atoms with van der Waals surface area (Å²) in [6.07, 6.45) is 4.76. The van der Waals surface area contributed by atoms with Crippen molar-refractivity contribution < 1.29 is 9.13 Å². The van der Waals surface area contributed by atoms with Gasteiger partial charge >= 0.3 is 0 Å². The maximum Gasteiger partial charge on any atom is 0.278 e. The van der Waals surface area contributed by atoms with E-state index in [9.17, 15) is 14.3 Å². The lowest BCUT2D eigenvalue weighted by Crippen LogP contribution is -1.97. The third-order valence-corrected chi connectivity index (χ3v) is 4.31. The molecule has 0 radical (unpaired) electrons. The van der Waals surface area contributed by atoms with Crippen molar-refractivity contribution in [2.75, 3.05) is 11.6 Å². The summed E-state index contributed by atoms with van der Waals surface area (Å²) in [6.45, 7) is 0. The highest BCUT2D eigenvalue weighted by molar-refractivity contribution is 7.83. The minimum Gasteiger partial charge on any atom is -0.355 e. The van der Waals surface area contributed by atoms with Crippen LogP contribution in [0.2, 0.25) is 0 Å². The average Bonchev–Trinajstić information content (AvgIpc) is 2.54. The molecule has 0 spiro atoms. The topological polar surface area (TPSA) is 85.1 Å². The number of fused-ring (bicyclic) bond motifs is 1. The van der Waals surface area contributed by atoms with E-state index in [1.165, 1.54) is 12.3 Å². The first-order valence-corrected chi connectivity index (χ1v) is 8.94. The van der Waals surface area contributed by atoms with E-state index in [-0.39, 0.29) is 5.69 Å². The average molecular weight is 341 g/mol. The van der Waals surface area contributed by atoms with Gasteiger partial charge < -0.3 is 5.32 Å². The summed E-state index contributed by atoms with van der Waals surface area (Å²) in [5.74, 6) is 0.487. The quantitative estimate of drug-likeness (QED) is 0.564. The van der Waals surface area contributed by atoms with E-state index in [0.29, 0.717) is 11.1 Å². The van der Waals surface area contributed by atoms with E-state index in [2.05, 4.69) is 10.3 Å². The van der Waals surface area contributed by atoms with Crippen LogP contribution in [0.15, 0.2) is 54.9 Å². The molecular weight excluding hydrogens is 326 g/mol. The Balaban J connectivity index is 2.01. The number of hydrogen-bond donors (Lipinski definition) is 1. The zero-order valence-electron chi connectivity index (χ0n) is 12.9. The lowest BCUT2D eigenvalue weighted by Gasteiger charge is -2.11. The molecule has 1 unspecified atom stereocenters. The number of nitrogens with zero attached hydrogens (tertiary/aromatic N) is 2. The Morgan fingerprint density at radius 2 is 2.04 bits per heavy atom. The van der Waals surface area contributed by atoms with Crippen LogP contribution in [-0.4, -0.2) is 20.4 Å². The zero-order chi connectivity index (χ0) is 17.1. The number of non-ortho nitro benzene ring substituents is 1. The van der Waals surface area contributed by atoms with Crippen molar-refractivity contribution in [1.29, 1.82) is 0 Å². The predicted octanol–water partition coefficient (Wildman–Crippen LogP) is 3.77. The summed E-state index contributed by atoms with van der Waals surface area (Å²) in [5, 5.41) is 15.6. The van der Waals surface area contributed by atoms with Crippen LogP contribution in [0.3, 0.4) is 0 Å². The second-order valence-electron chi connectivity index (χ2n) is 5.35. The predicted molar refractivity (Wildman–Crippen MR) is 95.9 cm³/mol.